The maximum Gasteiger partial charge on any atom is 0.410 e. The number of nitrogens with zero attached hydrogens (tertiary/aromatic N) is 2. The Morgan fingerprint density at radius 1 is 1.11 bits per heavy atom. The summed E-state index contributed by atoms with van der Waals surface area (Å²) in [5.74, 6) is -0.646. The van der Waals surface area contributed by atoms with Crippen LogP contribution in [0.3, 0.4) is 0 Å². The number of methoxy groups -OCH3 is 1. The third-order valence-electron chi connectivity index (χ3n) is 5.44. The standard InChI is InChI=1S/C25H29BrN2O6S/c1-16-10-12-18(13-11-16)35(31,32)28-15-17(22-19(26)8-7-9-20(22)28)14-21(23(29)33-6)27(5)24(30)34-25(2,3)4/h7-13,15,21H,14H2,1-6H3/t21-/m1/s1. The molecule has 1 amide bonds. The fourth-order valence-electron chi connectivity index (χ4n) is 3.65. The van der Waals surface area contributed by atoms with Crippen molar-refractivity contribution in [3.63, 3.8) is 0 Å². The molecule has 3 rings (SSSR count). The van der Waals surface area contributed by atoms with Gasteiger partial charge in [0, 0.05) is 29.5 Å². The predicted molar refractivity (Wildman–Crippen MR) is 137 cm³/mol. The maximum atomic E-state index is 13.5. The summed E-state index contributed by atoms with van der Waals surface area (Å²) in [5, 5.41) is 0.620. The lowest BCUT2D eigenvalue weighted by Gasteiger charge is -2.29. The third kappa shape index (κ3) is 5.70. The van der Waals surface area contributed by atoms with Crippen LogP contribution in [0.25, 0.3) is 10.9 Å². The van der Waals surface area contributed by atoms with Crippen LogP contribution in [-0.2, 0) is 30.7 Å². The number of fused-ring (bicyclic) bond motifs is 1. The van der Waals surface area contributed by atoms with Crippen LogP contribution in [0.2, 0.25) is 0 Å². The van der Waals surface area contributed by atoms with Crippen molar-refractivity contribution in [2.75, 3.05) is 14.2 Å². The summed E-state index contributed by atoms with van der Waals surface area (Å²) in [5.41, 5.74) is 1.18. The number of rotatable bonds is 6. The second-order valence-electron chi connectivity index (χ2n) is 9.24. The van der Waals surface area contributed by atoms with Gasteiger partial charge >= 0.3 is 12.1 Å². The van der Waals surface area contributed by atoms with Gasteiger partial charge in [0.1, 0.15) is 11.6 Å². The van der Waals surface area contributed by atoms with Gasteiger partial charge in [-0.3, -0.25) is 4.90 Å². The van der Waals surface area contributed by atoms with E-state index in [4.69, 9.17) is 9.47 Å². The molecular weight excluding hydrogens is 536 g/mol. The van der Waals surface area contributed by atoms with Gasteiger partial charge < -0.3 is 9.47 Å². The molecule has 1 heterocycles. The molecule has 0 saturated heterocycles. The van der Waals surface area contributed by atoms with Crippen LogP contribution in [0.1, 0.15) is 31.9 Å². The normalized spacial score (nSPS) is 12.9. The molecule has 0 bridgehead atoms. The van der Waals surface area contributed by atoms with Crippen molar-refractivity contribution in [1.82, 2.24) is 8.87 Å². The Labute approximate surface area is 214 Å². The molecule has 0 aliphatic heterocycles. The molecule has 0 saturated carbocycles. The Bertz CT molecular complexity index is 1360. The van der Waals surface area contributed by atoms with E-state index in [9.17, 15) is 18.0 Å². The van der Waals surface area contributed by atoms with E-state index in [0.717, 1.165) is 5.56 Å². The minimum atomic E-state index is -3.93. The highest BCUT2D eigenvalue weighted by Gasteiger charge is 2.33. The first-order valence-corrected chi connectivity index (χ1v) is 13.1. The number of hydrogen-bond donors (Lipinski definition) is 0. The van der Waals surface area contributed by atoms with Crippen LogP contribution in [-0.4, -0.2) is 55.2 Å². The van der Waals surface area contributed by atoms with Crippen LogP contribution in [0.5, 0.6) is 0 Å². The summed E-state index contributed by atoms with van der Waals surface area (Å²) < 4.78 is 39.3. The van der Waals surface area contributed by atoms with E-state index >= 15 is 0 Å². The second-order valence-corrected chi connectivity index (χ2v) is 11.9. The van der Waals surface area contributed by atoms with E-state index in [1.165, 1.54) is 29.2 Å². The number of carbonyl (C=O) groups is 2. The number of amides is 1. The minimum Gasteiger partial charge on any atom is -0.467 e. The van der Waals surface area contributed by atoms with Crippen molar-refractivity contribution in [3.8, 4) is 0 Å². The summed E-state index contributed by atoms with van der Waals surface area (Å²) in [6.07, 6.45) is 0.810. The number of aryl methyl sites for hydroxylation is 1. The Balaban J connectivity index is 2.12. The van der Waals surface area contributed by atoms with Gasteiger partial charge in [-0.25, -0.2) is 22.0 Å². The van der Waals surface area contributed by atoms with Crippen LogP contribution in [0.15, 0.2) is 58.0 Å². The first-order chi connectivity index (χ1) is 16.3. The lowest BCUT2D eigenvalue weighted by molar-refractivity contribution is -0.146. The Morgan fingerprint density at radius 2 is 1.74 bits per heavy atom. The highest BCUT2D eigenvalue weighted by Crippen LogP contribution is 2.33. The molecule has 0 aliphatic carbocycles. The topological polar surface area (TPSA) is 94.9 Å². The lowest BCUT2D eigenvalue weighted by Crippen LogP contribution is -2.46. The number of carbonyl (C=O) groups excluding carboxylic acids is 2. The van der Waals surface area contributed by atoms with Crippen molar-refractivity contribution < 1.29 is 27.5 Å². The molecule has 0 radical (unpaired) electrons. The van der Waals surface area contributed by atoms with Gasteiger partial charge in [0.25, 0.3) is 10.0 Å². The summed E-state index contributed by atoms with van der Waals surface area (Å²) >= 11 is 3.51. The average molecular weight is 565 g/mol. The molecule has 8 nitrogen and oxygen atoms in total. The number of hydrogen-bond acceptors (Lipinski definition) is 6. The van der Waals surface area contributed by atoms with Gasteiger partial charge in [-0.1, -0.05) is 39.7 Å². The molecule has 0 aliphatic rings. The first-order valence-electron chi connectivity index (χ1n) is 10.9. The van der Waals surface area contributed by atoms with E-state index in [2.05, 4.69) is 15.9 Å². The van der Waals surface area contributed by atoms with Gasteiger partial charge in [0.2, 0.25) is 0 Å². The summed E-state index contributed by atoms with van der Waals surface area (Å²) in [6.45, 7) is 7.07. The smallest absolute Gasteiger partial charge is 0.410 e. The number of halogens is 1. The molecule has 0 N–H and O–H groups in total. The fourth-order valence-corrected chi connectivity index (χ4v) is 5.65. The zero-order valence-electron chi connectivity index (χ0n) is 20.5. The van der Waals surface area contributed by atoms with Gasteiger partial charge in [-0.15, -0.1) is 0 Å². The monoisotopic (exact) mass is 564 g/mol. The molecule has 2 aromatic carbocycles. The average Bonchev–Trinajstić information content (AvgIpc) is 3.16. The van der Waals surface area contributed by atoms with Gasteiger partial charge in [0.15, 0.2) is 0 Å². The second kappa shape index (κ2) is 10.0. The van der Waals surface area contributed by atoms with E-state index in [1.807, 2.05) is 6.92 Å². The number of benzene rings is 2. The van der Waals surface area contributed by atoms with E-state index in [1.54, 1.807) is 63.2 Å². The van der Waals surface area contributed by atoms with Crippen molar-refractivity contribution in [1.29, 1.82) is 0 Å². The zero-order chi connectivity index (χ0) is 26.1. The number of ether oxygens (including phenoxy) is 2. The van der Waals surface area contributed by atoms with Gasteiger partial charge in [0.05, 0.1) is 17.5 Å². The van der Waals surface area contributed by atoms with Crippen molar-refractivity contribution in [3.05, 3.63) is 64.3 Å². The highest BCUT2D eigenvalue weighted by molar-refractivity contribution is 9.10. The van der Waals surface area contributed by atoms with Gasteiger partial charge in [-0.2, -0.15) is 0 Å². The maximum absolute atomic E-state index is 13.5. The van der Waals surface area contributed by atoms with Crippen molar-refractivity contribution in [2.45, 2.75) is 50.7 Å². The molecule has 1 aromatic heterocycles. The fraction of sp³-hybridized carbons (Fsp3) is 0.360. The number of esters is 1. The number of aromatic nitrogens is 1. The lowest BCUT2D eigenvalue weighted by atomic mass is 10.0. The highest BCUT2D eigenvalue weighted by atomic mass is 79.9. The summed E-state index contributed by atoms with van der Waals surface area (Å²) in [4.78, 5) is 26.7. The Hall–Kier alpha value is -2.85. The first kappa shape index (κ1) is 26.7. The molecule has 3 aromatic rings. The van der Waals surface area contributed by atoms with Crippen LogP contribution in [0, 0.1) is 6.92 Å². The SMILES string of the molecule is COC(=O)[C@@H](Cc1cn(S(=O)(=O)c2ccc(C)cc2)c2cccc(Br)c12)N(C)C(=O)OC(C)(C)C. The molecule has 0 fully saturated rings. The molecule has 0 spiro atoms. The van der Waals surface area contributed by atoms with E-state index < -0.39 is 33.7 Å². The predicted octanol–water partition coefficient (Wildman–Crippen LogP) is 4.90. The van der Waals surface area contributed by atoms with E-state index in [-0.39, 0.29) is 11.3 Å². The third-order valence-corrected chi connectivity index (χ3v) is 7.79. The van der Waals surface area contributed by atoms with Crippen LogP contribution in [0.4, 0.5) is 4.79 Å². The molecule has 1 atom stereocenters. The van der Waals surface area contributed by atoms with Gasteiger partial charge in [-0.05, 0) is 57.5 Å². The minimum absolute atomic E-state index is 0.0119. The molecule has 188 valence electrons. The van der Waals surface area contributed by atoms with E-state index in [0.29, 0.717) is 20.9 Å². The zero-order valence-corrected chi connectivity index (χ0v) is 22.9. The Morgan fingerprint density at radius 3 is 2.31 bits per heavy atom. The Kier molecular flexibility index (Phi) is 7.66. The quantitative estimate of drug-likeness (QED) is 0.395. The molecule has 35 heavy (non-hydrogen) atoms. The van der Waals surface area contributed by atoms with Crippen molar-refractivity contribution in [2.24, 2.45) is 0 Å². The molecular formula is C25H29BrN2O6S. The number of likely N-dealkylation sites (N-methyl/N-ethyl adjacent to an activating group) is 1. The van der Waals surface area contributed by atoms with Crippen molar-refractivity contribution >= 4 is 48.9 Å². The molecule has 10 heteroatoms. The summed E-state index contributed by atoms with van der Waals surface area (Å²) in [6, 6.07) is 10.8. The van der Waals surface area contributed by atoms with Crippen LogP contribution < -0.4 is 0 Å². The largest absolute Gasteiger partial charge is 0.467 e. The molecule has 0 unspecified atom stereocenters. The van der Waals surface area contributed by atoms with Crippen LogP contribution >= 0.6 is 15.9 Å². The summed E-state index contributed by atoms with van der Waals surface area (Å²) in [7, 11) is -1.24.